The van der Waals surface area contributed by atoms with E-state index in [0.717, 1.165) is 30.7 Å². The Bertz CT molecular complexity index is 944. The molecule has 1 aliphatic rings. The fourth-order valence-electron chi connectivity index (χ4n) is 3.16. The minimum Gasteiger partial charge on any atom is -0.376 e. The molecule has 0 radical (unpaired) electrons. The summed E-state index contributed by atoms with van der Waals surface area (Å²) in [6, 6.07) is 17.0. The Morgan fingerprint density at radius 1 is 1.10 bits per heavy atom. The molecule has 2 aromatic heterocycles. The highest BCUT2D eigenvalue weighted by Gasteiger charge is 2.18. The Labute approximate surface area is 169 Å². The standard InChI is InChI=1S/C22H23N5O2/c28-22(25-15-18-10-6-12-29-18)19-13-20(24-14-17-9-4-5-11-23-17)27-21(26-19)16-7-2-1-3-8-16/h1-5,7-9,11,13,18H,6,10,12,14-15H2,(H,25,28)(H,24,26,27). The fourth-order valence-corrected chi connectivity index (χ4v) is 3.16. The monoisotopic (exact) mass is 389 g/mol. The zero-order chi connectivity index (χ0) is 19.9. The molecule has 1 atom stereocenters. The smallest absolute Gasteiger partial charge is 0.270 e. The normalized spacial score (nSPS) is 15.8. The molecule has 0 aliphatic carbocycles. The van der Waals surface area contributed by atoms with E-state index in [2.05, 4.69) is 25.6 Å². The first-order valence-corrected chi connectivity index (χ1v) is 9.76. The van der Waals surface area contributed by atoms with E-state index in [0.29, 0.717) is 30.4 Å². The quantitative estimate of drug-likeness (QED) is 0.646. The largest absolute Gasteiger partial charge is 0.376 e. The van der Waals surface area contributed by atoms with Crippen molar-refractivity contribution in [2.75, 3.05) is 18.5 Å². The van der Waals surface area contributed by atoms with Crippen molar-refractivity contribution in [3.05, 3.63) is 72.2 Å². The summed E-state index contributed by atoms with van der Waals surface area (Å²) in [6.45, 7) is 1.75. The van der Waals surface area contributed by atoms with Crippen molar-refractivity contribution in [3.63, 3.8) is 0 Å². The van der Waals surface area contributed by atoms with Crippen molar-refractivity contribution < 1.29 is 9.53 Å². The van der Waals surface area contributed by atoms with E-state index in [9.17, 15) is 4.79 Å². The number of carbonyl (C=O) groups excluding carboxylic acids is 1. The number of aromatic nitrogens is 3. The van der Waals surface area contributed by atoms with Crippen molar-refractivity contribution in [1.82, 2.24) is 20.3 Å². The summed E-state index contributed by atoms with van der Waals surface area (Å²) in [6.07, 6.45) is 3.83. The molecule has 7 heteroatoms. The van der Waals surface area contributed by atoms with Crippen LogP contribution in [0.3, 0.4) is 0 Å². The number of rotatable bonds is 7. The van der Waals surface area contributed by atoms with Crippen LogP contribution in [0.2, 0.25) is 0 Å². The third-order valence-electron chi connectivity index (χ3n) is 4.68. The first-order chi connectivity index (χ1) is 14.3. The molecule has 1 amide bonds. The van der Waals surface area contributed by atoms with Gasteiger partial charge < -0.3 is 15.4 Å². The van der Waals surface area contributed by atoms with Crippen LogP contribution in [0, 0.1) is 0 Å². The van der Waals surface area contributed by atoms with Crippen LogP contribution in [0.25, 0.3) is 11.4 Å². The summed E-state index contributed by atoms with van der Waals surface area (Å²) >= 11 is 0. The second-order valence-electron chi connectivity index (χ2n) is 6.85. The van der Waals surface area contributed by atoms with Gasteiger partial charge in [0.15, 0.2) is 5.82 Å². The number of anilines is 1. The molecule has 1 fully saturated rings. The molecule has 1 aliphatic heterocycles. The molecule has 2 N–H and O–H groups in total. The van der Waals surface area contributed by atoms with Gasteiger partial charge in [0.1, 0.15) is 11.5 Å². The maximum Gasteiger partial charge on any atom is 0.270 e. The number of amides is 1. The summed E-state index contributed by atoms with van der Waals surface area (Å²) in [5, 5.41) is 6.17. The van der Waals surface area contributed by atoms with E-state index in [1.54, 1.807) is 12.3 Å². The lowest BCUT2D eigenvalue weighted by Gasteiger charge is -2.12. The molecule has 3 aromatic rings. The lowest BCUT2D eigenvalue weighted by atomic mass is 10.2. The van der Waals surface area contributed by atoms with Crippen LogP contribution < -0.4 is 10.6 Å². The molecule has 0 saturated carbocycles. The van der Waals surface area contributed by atoms with Gasteiger partial charge in [0.25, 0.3) is 5.91 Å². The fraction of sp³-hybridized carbons (Fsp3) is 0.273. The minimum absolute atomic E-state index is 0.0798. The zero-order valence-electron chi connectivity index (χ0n) is 16.0. The highest BCUT2D eigenvalue weighted by Crippen LogP contribution is 2.18. The van der Waals surface area contributed by atoms with E-state index in [-0.39, 0.29) is 12.0 Å². The molecule has 3 heterocycles. The van der Waals surface area contributed by atoms with Gasteiger partial charge in [0, 0.05) is 31.0 Å². The second kappa shape index (κ2) is 9.25. The van der Waals surface area contributed by atoms with Crippen molar-refractivity contribution in [2.45, 2.75) is 25.5 Å². The van der Waals surface area contributed by atoms with Crippen LogP contribution in [0.5, 0.6) is 0 Å². The highest BCUT2D eigenvalue weighted by molar-refractivity contribution is 5.93. The van der Waals surface area contributed by atoms with Gasteiger partial charge in [-0.3, -0.25) is 9.78 Å². The Morgan fingerprint density at radius 3 is 2.72 bits per heavy atom. The number of benzene rings is 1. The molecule has 1 aromatic carbocycles. The van der Waals surface area contributed by atoms with Crippen LogP contribution in [-0.2, 0) is 11.3 Å². The van der Waals surface area contributed by atoms with Gasteiger partial charge in [-0.05, 0) is 25.0 Å². The zero-order valence-corrected chi connectivity index (χ0v) is 16.0. The van der Waals surface area contributed by atoms with Gasteiger partial charge in [0.2, 0.25) is 0 Å². The molecule has 29 heavy (non-hydrogen) atoms. The van der Waals surface area contributed by atoms with E-state index < -0.39 is 0 Å². The third kappa shape index (κ3) is 5.14. The van der Waals surface area contributed by atoms with Crippen molar-refractivity contribution >= 4 is 11.7 Å². The molecule has 7 nitrogen and oxygen atoms in total. The van der Waals surface area contributed by atoms with Gasteiger partial charge in [-0.15, -0.1) is 0 Å². The number of carbonyl (C=O) groups is 1. The second-order valence-corrected chi connectivity index (χ2v) is 6.85. The number of nitrogens with zero attached hydrogens (tertiary/aromatic N) is 3. The number of hydrogen-bond donors (Lipinski definition) is 2. The van der Waals surface area contributed by atoms with Crippen LogP contribution in [0.1, 0.15) is 29.0 Å². The number of hydrogen-bond acceptors (Lipinski definition) is 6. The Kier molecular flexibility index (Phi) is 6.07. The summed E-state index contributed by atoms with van der Waals surface area (Å²) < 4.78 is 5.58. The number of nitrogens with one attached hydrogen (secondary N) is 2. The van der Waals surface area contributed by atoms with Crippen LogP contribution in [-0.4, -0.2) is 40.1 Å². The highest BCUT2D eigenvalue weighted by atomic mass is 16.5. The van der Waals surface area contributed by atoms with Crippen LogP contribution >= 0.6 is 0 Å². The van der Waals surface area contributed by atoms with Crippen LogP contribution in [0.15, 0.2) is 60.8 Å². The molecule has 0 spiro atoms. The van der Waals surface area contributed by atoms with Gasteiger partial charge in [-0.1, -0.05) is 36.4 Å². The van der Waals surface area contributed by atoms with Gasteiger partial charge in [0.05, 0.1) is 18.3 Å². The average Bonchev–Trinajstić information content (AvgIpc) is 3.31. The minimum atomic E-state index is -0.235. The number of pyridine rings is 1. The molecule has 148 valence electrons. The van der Waals surface area contributed by atoms with Crippen molar-refractivity contribution in [2.24, 2.45) is 0 Å². The summed E-state index contributed by atoms with van der Waals surface area (Å²) in [5.41, 5.74) is 2.05. The first-order valence-electron chi connectivity index (χ1n) is 9.76. The van der Waals surface area contributed by atoms with E-state index in [1.165, 1.54) is 0 Å². The lowest BCUT2D eigenvalue weighted by Crippen LogP contribution is -2.32. The Morgan fingerprint density at radius 2 is 1.97 bits per heavy atom. The van der Waals surface area contributed by atoms with Crippen molar-refractivity contribution in [1.29, 1.82) is 0 Å². The predicted octanol–water partition coefficient (Wildman–Crippen LogP) is 3.06. The molecule has 1 saturated heterocycles. The summed E-state index contributed by atoms with van der Waals surface area (Å²) in [5.74, 6) is 0.839. The molecule has 1 unspecified atom stereocenters. The molecule has 4 rings (SSSR count). The Balaban J connectivity index is 1.54. The summed E-state index contributed by atoms with van der Waals surface area (Å²) in [7, 11) is 0. The molecule has 0 bridgehead atoms. The SMILES string of the molecule is O=C(NCC1CCCO1)c1cc(NCc2ccccn2)nc(-c2ccccc2)n1. The van der Waals surface area contributed by atoms with Gasteiger partial charge in [-0.25, -0.2) is 9.97 Å². The maximum atomic E-state index is 12.7. The van der Waals surface area contributed by atoms with E-state index >= 15 is 0 Å². The van der Waals surface area contributed by atoms with Crippen LogP contribution in [0.4, 0.5) is 5.82 Å². The Hall–Kier alpha value is -3.32. The van der Waals surface area contributed by atoms with Gasteiger partial charge in [-0.2, -0.15) is 0 Å². The molecular formula is C22H23N5O2. The van der Waals surface area contributed by atoms with E-state index in [1.807, 2.05) is 48.5 Å². The number of ether oxygens (including phenoxy) is 1. The topological polar surface area (TPSA) is 89.0 Å². The maximum absolute atomic E-state index is 12.7. The third-order valence-corrected chi connectivity index (χ3v) is 4.68. The van der Waals surface area contributed by atoms with Gasteiger partial charge >= 0.3 is 0 Å². The predicted molar refractivity (Wildman–Crippen MR) is 110 cm³/mol. The lowest BCUT2D eigenvalue weighted by molar-refractivity contribution is 0.0853. The van der Waals surface area contributed by atoms with Crippen molar-refractivity contribution in [3.8, 4) is 11.4 Å². The average molecular weight is 389 g/mol. The molecular weight excluding hydrogens is 366 g/mol. The first kappa shape index (κ1) is 19.0. The summed E-state index contributed by atoms with van der Waals surface area (Å²) in [4.78, 5) is 26.1. The van der Waals surface area contributed by atoms with E-state index in [4.69, 9.17) is 4.74 Å².